The Bertz CT molecular complexity index is 1030. The van der Waals surface area contributed by atoms with Crippen LogP contribution in [0.1, 0.15) is 35.7 Å². The number of aryl methyl sites for hydroxylation is 1. The number of benzene rings is 2. The molecular weight excluding hydrogens is 376 g/mol. The van der Waals surface area contributed by atoms with Crippen LogP contribution in [0.5, 0.6) is 11.5 Å². The lowest BCUT2D eigenvalue weighted by Gasteiger charge is -2.24. The number of hydrogen-bond acceptors (Lipinski definition) is 3. The van der Waals surface area contributed by atoms with Crippen LogP contribution in [0, 0.1) is 0 Å². The lowest BCUT2D eigenvalue weighted by Crippen LogP contribution is -2.32. The van der Waals surface area contributed by atoms with Crippen molar-refractivity contribution in [3.63, 3.8) is 0 Å². The van der Waals surface area contributed by atoms with Crippen molar-refractivity contribution in [2.75, 3.05) is 14.2 Å². The number of fused-ring (bicyclic) bond motifs is 3. The predicted molar refractivity (Wildman–Crippen MR) is 110 cm³/mol. The number of halogens is 1. The minimum atomic E-state index is -0.0279. The Balaban J connectivity index is 1.53. The summed E-state index contributed by atoms with van der Waals surface area (Å²) in [6.45, 7) is 0. The summed E-state index contributed by atoms with van der Waals surface area (Å²) in [5, 5.41) is 5.05. The zero-order chi connectivity index (χ0) is 19.7. The second-order valence-corrected chi connectivity index (χ2v) is 7.47. The summed E-state index contributed by atoms with van der Waals surface area (Å²) in [6, 6.07) is 11.5. The zero-order valence-corrected chi connectivity index (χ0v) is 16.7. The average molecular weight is 399 g/mol. The molecule has 146 valence electrons. The van der Waals surface area contributed by atoms with E-state index in [-0.39, 0.29) is 18.4 Å². The topological polar surface area (TPSA) is 63.3 Å². The Kier molecular flexibility index (Phi) is 5.18. The first-order valence-corrected chi connectivity index (χ1v) is 9.77. The standard InChI is InChI=1S/C22H23ClN2O3/c1-27-18-10-9-13(11-19(18)28-2)12-20(26)24-17-8-4-6-15-14-5-3-7-16(23)21(14)25-22(15)17/h3,5,7,9-11,17,25H,4,6,8,12H2,1-2H3,(H,24,26)/t17-/m1/s1. The third-order valence-electron chi connectivity index (χ3n) is 5.34. The number of methoxy groups -OCH3 is 2. The molecule has 0 unspecified atom stereocenters. The van der Waals surface area contributed by atoms with Gasteiger partial charge in [-0.05, 0) is 48.6 Å². The van der Waals surface area contributed by atoms with Gasteiger partial charge in [0.05, 0.1) is 37.2 Å². The molecule has 1 amide bonds. The molecule has 0 aliphatic heterocycles. The maximum atomic E-state index is 12.7. The molecule has 0 spiro atoms. The fraction of sp³-hybridized carbons (Fsp3) is 0.318. The minimum absolute atomic E-state index is 0.0187. The SMILES string of the molecule is COc1ccc(CC(=O)N[C@@H]2CCCc3c2[nH]c2c(Cl)cccc32)cc1OC. The van der Waals surface area contributed by atoms with Crippen molar-refractivity contribution in [3.05, 3.63) is 58.2 Å². The van der Waals surface area contributed by atoms with Gasteiger partial charge in [-0.3, -0.25) is 4.79 Å². The number of amides is 1. The van der Waals surface area contributed by atoms with Gasteiger partial charge in [0, 0.05) is 11.1 Å². The first-order chi connectivity index (χ1) is 13.6. The van der Waals surface area contributed by atoms with E-state index in [1.165, 1.54) is 5.56 Å². The van der Waals surface area contributed by atoms with Gasteiger partial charge < -0.3 is 19.8 Å². The number of para-hydroxylation sites is 1. The smallest absolute Gasteiger partial charge is 0.224 e. The fourth-order valence-electron chi connectivity index (χ4n) is 4.02. The molecule has 5 nitrogen and oxygen atoms in total. The van der Waals surface area contributed by atoms with Crippen molar-refractivity contribution in [3.8, 4) is 11.5 Å². The van der Waals surface area contributed by atoms with Gasteiger partial charge in [0.25, 0.3) is 0 Å². The maximum Gasteiger partial charge on any atom is 0.224 e. The number of rotatable bonds is 5. The summed E-state index contributed by atoms with van der Waals surface area (Å²) in [5.74, 6) is 1.26. The molecule has 1 aliphatic rings. The third kappa shape index (κ3) is 3.42. The molecular formula is C22H23ClN2O3. The van der Waals surface area contributed by atoms with E-state index in [0.29, 0.717) is 16.5 Å². The van der Waals surface area contributed by atoms with E-state index in [1.807, 2.05) is 30.3 Å². The maximum absolute atomic E-state index is 12.7. The van der Waals surface area contributed by atoms with Gasteiger partial charge in [-0.2, -0.15) is 0 Å². The first-order valence-electron chi connectivity index (χ1n) is 9.40. The molecule has 6 heteroatoms. The van der Waals surface area contributed by atoms with Crippen LogP contribution in [0.25, 0.3) is 10.9 Å². The number of aromatic amines is 1. The predicted octanol–water partition coefficient (Wildman–Crippen LogP) is 4.57. The van der Waals surface area contributed by atoms with E-state index in [0.717, 1.165) is 41.4 Å². The summed E-state index contributed by atoms with van der Waals surface area (Å²) in [5.41, 5.74) is 4.18. The number of nitrogens with one attached hydrogen (secondary N) is 2. The molecule has 3 aromatic rings. The number of aromatic nitrogens is 1. The van der Waals surface area contributed by atoms with Crippen molar-refractivity contribution in [2.24, 2.45) is 0 Å². The van der Waals surface area contributed by atoms with Crippen LogP contribution < -0.4 is 14.8 Å². The second kappa shape index (κ2) is 7.76. The Morgan fingerprint density at radius 3 is 2.82 bits per heavy atom. The fourth-order valence-corrected chi connectivity index (χ4v) is 4.24. The van der Waals surface area contributed by atoms with E-state index in [4.69, 9.17) is 21.1 Å². The summed E-state index contributed by atoms with van der Waals surface area (Å²) in [7, 11) is 3.18. The largest absolute Gasteiger partial charge is 0.493 e. The molecule has 2 aromatic carbocycles. The van der Waals surface area contributed by atoms with Gasteiger partial charge in [-0.15, -0.1) is 0 Å². The number of hydrogen-bond donors (Lipinski definition) is 2. The molecule has 1 heterocycles. The molecule has 1 aliphatic carbocycles. The van der Waals surface area contributed by atoms with Crippen LogP contribution in [0.2, 0.25) is 5.02 Å². The van der Waals surface area contributed by atoms with Gasteiger partial charge in [-0.1, -0.05) is 29.8 Å². The Morgan fingerprint density at radius 1 is 1.21 bits per heavy atom. The zero-order valence-electron chi connectivity index (χ0n) is 16.0. The van der Waals surface area contributed by atoms with Crippen LogP contribution in [-0.4, -0.2) is 25.1 Å². The van der Waals surface area contributed by atoms with Crippen LogP contribution in [-0.2, 0) is 17.6 Å². The quantitative estimate of drug-likeness (QED) is 0.661. The van der Waals surface area contributed by atoms with Crippen molar-refractivity contribution in [1.82, 2.24) is 10.3 Å². The van der Waals surface area contributed by atoms with Crippen LogP contribution >= 0.6 is 11.6 Å². The third-order valence-corrected chi connectivity index (χ3v) is 5.65. The van der Waals surface area contributed by atoms with Gasteiger partial charge in [0.15, 0.2) is 11.5 Å². The summed E-state index contributed by atoms with van der Waals surface area (Å²) in [6.07, 6.45) is 3.23. The van der Waals surface area contributed by atoms with Crippen molar-refractivity contribution >= 4 is 28.4 Å². The highest BCUT2D eigenvalue weighted by atomic mass is 35.5. The molecule has 28 heavy (non-hydrogen) atoms. The molecule has 0 saturated carbocycles. The van der Waals surface area contributed by atoms with Crippen molar-refractivity contribution in [1.29, 1.82) is 0 Å². The van der Waals surface area contributed by atoms with Gasteiger partial charge in [0.2, 0.25) is 5.91 Å². The van der Waals surface area contributed by atoms with Crippen molar-refractivity contribution in [2.45, 2.75) is 31.7 Å². The number of H-pyrrole nitrogens is 1. The molecule has 0 radical (unpaired) electrons. The van der Waals surface area contributed by atoms with Gasteiger partial charge in [-0.25, -0.2) is 0 Å². The van der Waals surface area contributed by atoms with E-state index in [1.54, 1.807) is 14.2 Å². The number of carbonyl (C=O) groups excluding carboxylic acids is 1. The normalized spacial score (nSPS) is 15.9. The summed E-state index contributed by atoms with van der Waals surface area (Å²) < 4.78 is 10.6. The molecule has 0 bridgehead atoms. The summed E-state index contributed by atoms with van der Waals surface area (Å²) in [4.78, 5) is 16.2. The van der Waals surface area contributed by atoms with Crippen LogP contribution in [0.3, 0.4) is 0 Å². The monoisotopic (exact) mass is 398 g/mol. The highest BCUT2D eigenvalue weighted by Gasteiger charge is 2.26. The highest BCUT2D eigenvalue weighted by Crippen LogP contribution is 2.37. The minimum Gasteiger partial charge on any atom is -0.493 e. The Hall–Kier alpha value is -2.66. The van der Waals surface area contributed by atoms with E-state index in [9.17, 15) is 4.79 Å². The van der Waals surface area contributed by atoms with Gasteiger partial charge in [0.1, 0.15) is 0 Å². The van der Waals surface area contributed by atoms with Gasteiger partial charge >= 0.3 is 0 Å². The number of ether oxygens (including phenoxy) is 2. The molecule has 2 N–H and O–H groups in total. The highest BCUT2D eigenvalue weighted by molar-refractivity contribution is 6.35. The Morgan fingerprint density at radius 2 is 2.04 bits per heavy atom. The molecule has 1 aromatic heterocycles. The van der Waals surface area contributed by atoms with E-state index >= 15 is 0 Å². The van der Waals surface area contributed by atoms with E-state index < -0.39 is 0 Å². The molecule has 4 rings (SSSR count). The van der Waals surface area contributed by atoms with E-state index in [2.05, 4.69) is 16.4 Å². The lowest BCUT2D eigenvalue weighted by atomic mass is 9.91. The first kappa shape index (κ1) is 18.7. The van der Waals surface area contributed by atoms with Crippen LogP contribution in [0.4, 0.5) is 0 Å². The Labute approximate surface area is 169 Å². The second-order valence-electron chi connectivity index (χ2n) is 7.06. The molecule has 0 fully saturated rings. The molecule has 1 atom stereocenters. The van der Waals surface area contributed by atoms with Crippen molar-refractivity contribution < 1.29 is 14.3 Å². The molecule has 0 saturated heterocycles. The average Bonchev–Trinajstić information content (AvgIpc) is 3.09. The number of carbonyl (C=O) groups is 1. The van der Waals surface area contributed by atoms with Crippen LogP contribution in [0.15, 0.2) is 36.4 Å². The summed E-state index contributed by atoms with van der Waals surface area (Å²) >= 11 is 6.35. The lowest BCUT2D eigenvalue weighted by molar-refractivity contribution is -0.121.